The van der Waals surface area contributed by atoms with Crippen LogP contribution in [-0.4, -0.2) is 66.0 Å². The van der Waals surface area contributed by atoms with Gasteiger partial charge in [-0.05, 0) is 70.4 Å². The van der Waals surface area contributed by atoms with Crippen LogP contribution >= 0.6 is 0 Å². The molecular weight excluding hydrogens is 489 g/mol. The predicted molar refractivity (Wildman–Crippen MR) is 141 cm³/mol. The van der Waals surface area contributed by atoms with E-state index in [-0.39, 0.29) is 12.0 Å². The van der Waals surface area contributed by atoms with Crippen LogP contribution in [0.25, 0.3) is 17.1 Å². The molecule has 0 atom stereocenters. The second-order valence-electron chi connectivity index (χ2n) is 10.5. The third-order valence-corrected chi connectivity index (χ3v) is 7.07. The van der Waals surface area contributed by atoms with E-state index in [2.05, 4.69) is 0 Å². The Hall–Kier alpha value is -3.59. The van der Waals surface area contributed by atoms with Crippen LogP contribution in [-0.2, 0) is 17.6 Å². The molecule has 38 heavy (non-hydrogen) atoms. The van der Waals surface area contributed by atoms with E-state index in [1.807, 2.05) is 49.3 Å². The molecule has 202 valence electrons. The Bertz CT molecular complexity index is 1380. The van der Waals surface area contributed by atoms with E-state index < -0.39 is 11.4 Å². The van der Waals surface area contributed by atoms with Gasteiger partial charge < -0.3 is 23.8 Å². The highest BCUT2D eigenvalue weighted by molar-refractivity contribution is 5.95. The number of amides is 1. The number of nitrogens with zero attached hydrogens (tertiary/aromatic N) is 3. The van der Waals surface area contributed by atoms with E-state index in [4.69, 9.17) is 23.9 Å². The molecule has 1 aromatic heterocycles. The molecule has 0 spiro atoms. The lowest BCUT2D eigenvalue weighted by Gasteiger charge is -2.41. The fourth-order valence-electron chi connectivity index (χ4n) is 5.27. The number of rotatable bonds is 6. The van der Waals surface area contributed by atoms with Crippen molar-refractivity contribution in [1.82, 2.24) is 14.5 Å². The summed E-state index contributed by atoms with van der Waals surface area (Å²) in [6, 6.07) is 8.20. The number of methoxy groups -OCH3 is 2. The highest BCUT2D eigenvalue weighted by Gasteiger charge is 2.39. The summed E-state index contributed by atoms with van der Waals surface area (Å²) < 4.78 is 39.4. The molecule has 0 saturated carbocycles. The summed E-state index contributed by atoms with van der Waals surface area (Å²) in [6.45, 7) is 9.25. The first-order chi connectivity index (χ1) is 18.1. The average Bonchev–Trinajstić information content (AvgIpc) is 3.27. The molecule has 2 aromatic carbocycles. The fraction of sp³-hybridized carbons (Fsp3) is 0.448. The Labute approximate surface area is 222 Å². The van der Waals surface area contributed by atoms with Crippen molar-refractivity contribution in [3.05, 3.63) is 53.1 Å². The number of morpholine rings is 1. The van der Waals surface area contributed by atoms with Gasteiger partial charge in [0.2, 0.25) is 0 Å². The van der Waals surface area contributed by atoms with Gasteiger partial charge in [0, 0.05) is 12.6 Å². The lowest BCUT2D eigenvalue weighted by atomic mass is 9.98. The van der Waals surface area contributed by atoms with Gasteiger partial charge in [-0.15, -0.1) is 0 Å². The zero-order valence-corrected chi connectivity index (χ0v) is 22.8. The molecule has 2 aliphatic rings. The number of aromatic nitrogens is 2. The minimum absolute atomic E-state index is 0.0729. The van der Waals surface area contributed by atoms with Gasteiger partial charge >= 0.3 is 0 Å². The van der Waals surface area contributed by atoms with Gasteiger partial charge in [0.15, 0.2) is 17.2 Å². The van der Waals surface area contributed by atoms with Crippen molar-refractivity contribution in [1.29, 1.82) is 0 Å². The van der Waals surface area contributed by atoms with Crippen LogP contribution in [0.3, 0.4) is 0 Å². The zero-order valence-electron chi connectivity index (χ0n) is 22.8. The maximum absolute atomic E-state index is 14.5. The third kappa shape index (κ3) is 4.49. The molecule has 2 aliphatic heterocycles. The molecule has 5 rings (SSSR count). The number of halogens is 1. The van der Waals surface area contributed by atoms with Crippen molar-refractivity contribution in [3.63, 3.8) is 0 Å². The number of fused-ring (bicyclic) bond motifs is 3. The molecule has 0 bridgehead atoms. The number of hydrogen-bond acceptors (Lipinski definition) is 6. The minimum atomic E-state index is -0.485. The van der Waals surface area contributed by atoms with E-state index in [0.717, 1.165) is 16.9 Å². The molecule has 1 fully saturated rings. The average molecular weight is 524 g/mol. The van der Waals surface area contributed by atoms with Crippen LogP contribution in [0.15, 0.2) is 30.3 Å². The Morgan fingerprint density at radius 1 is 1.08 bits per heavy atom. The molecule has 9 heteroatoms. The van der Waals surface area contributed by atoms with E-state index in [0.29, 0.717) is 66.9 Å². The smallest absolute Gasteiger partial charge is 0.274 e. The first-order valence-electron chi connectivity index (χ1n) is 12.9. The molecule has 8 nitrogen and oxygen atoms in total. The number of imidazole rings is 1. The molecule has 1 saturated heterocycles. The standard InChI is InChI=1S/C29H34FN3O5/c1-17(2)38-25-15-22-18(13-24(25)36-6)7-9-21-26(28(34)32-11-12-37-16-29(32,3)4)31-27(33(21)22)20-14-19(30)8-10-23(20)35-5/h8,10,13-15,17H,7,9,11-12,16H2,1-6H3. The quantitative estimate of drug-likeness (QED) is 0.461. The van der Waals surface area contributed by atoms with E-state index >= 15 is 0 Å². The van der Waals surface area contributed by atoms with Crippen molar-refractivity contribution >= 4 is 5.91 Å². The largest absolute Gasteiger partial charge is 0.496 e. The molecule has 0 N–H and O–H groups in total. The Balaban J connectivity index is 1.76. The van der Waals surface area contributed by atoms with Crippen molar-refractivity contribution in [2.24, 2.45) is 0 Å². The zero-order chi connectivity index (χ0) is 27.2. The van der Waals surface area contributed by atoms with Gasteiger partial charge in [-0.2, -0.15) is 0 Å². The molecule has 0 radical (unpaired) electrons. The van der Waals surface area contributed by atoms with E-state index in [1.165, 1.54) is 19.2 Å². The molecule has 0 unspecified atom stereocenters. The van der Waals surface area contributed by atoms with Gasteiger partial charge in [0.25, 0.3) is 5.91 Å². The summed E-state index contributed by atoms with van der Waals surface area (Å²) >= 11 is 0. The van der Waals surface area contributed by atoms with Crippen molar-refractivity contribution in [2.75, 3.05) is 34.0 Å². The van der Waals surface area contributed by atoms with Gasteiger partial charge in [-0.1, -0.05) is 0 Å². The summed E-state index contributed by atoms with van der Waals surface area (Å²) in [6.07, 6.45) is 1.19. The first-order valence-corrected chi connectivity index (χ1v) is 12.9. The topological polar surface area (TPSA) is 75.1 Å². The van der Waals surface area contributed by atoms with Crippen LogP contribution in [0.2, 0.25) is 0 Å². The van der Waals surface area contributed by atoms with Crippen molar-refractivity contribution < 1.29 is 28.1 Å². The number of carbonyl (C=O) groups is 1. The summed E-state index contributed by atoms with van der Waals surface area (Å²) in [5, 5.41) is 0. The highest BCUT2D eigenvalue weighted by atomic mass is 19.1. The summed E-state index contributed by atoms with van der Waals surface area (Å²) in [7, 11) is 3.15. The third-order valence-electron chi connectivity index (χ3n) is 7.07. The van der Waals surface area contributed by atoms with Gasteiger partial charge in [0.1, 0.15) is 17.4 Å². The molecule has 3 heterocycles. The van der Waals surface area contributed by atoms with Crippen LogP contribution in [0.5, 0.6) is 17.2 Å². The molecular formula is C29H34FN3O5. The van der Waals surface area contributed by atoms with Crippen LogP contribution in [0.4, 0.5) is 4.39 Å². The second kappa shape index (κ2) is 9.94. The summed E-state index contributed by atoms with van der Waals surface area (Å²) in [5.74, 6) is 1.53. The predicted octanol–water partition coefficient (Wildman–Crippen LogP) is 4.83. The Morgan fingerprint density at radius 3 is 2.53 bits per heavy atom. The summed E-state index contributed by atoms with van der Waals surface area (Å²) in [4.78, 5) is 20.7. The Kier molecular flexibility index (Phi) is 6.81. The lowest BCUT2D eigenvalue weighted by Crippen LogP contribution is -2.55. The van der Waals surface area contributed by atoms with Crippen LogP contribution in [0.1, 0.15) is 49.4 Å². The van der Waals surface area contributed by atoms with Crippen LogP contribution < -0.4 is 14.2 Å². The van der Waals surface area contributed by atoms with Gasteiger partial charge in [-0.3, -0.25) is 9.36 Å². The maximum atomic E-state index is 14.5. The summed E-state index contributed by atoms with van der Waals surface area (Å²) in [5.41, 5.74) is 2.94. The number of hydrogen-bond donors (Lipinski definition) is 0. The van der Waals surface area contributed by atoms with E-state index in [9.17, 15) is 9.18 Å². The Morgan fingerprint density at radius 2 is 1.84 bits per heavy atom. The van der Waals surface area contributed by atoms with Gasteiger partial charge in [-0.25, -0.2) is 9.37 Å². The number of aryl methyl sites for hydroxylation is 1. The number of carbonyl (C=O) groups excluding carboxylic acids is 1. The normalized spacial score (nSPS) is 16.2. The fourth-order valence-corrected chi connectivity index (χ4v) is 5.27. The monoisotopic (exact) mass is 523 g/mol. The number of benzene rings is 2. The highest BCUT2D eigenvalue weighted by Crippen LogP contribution is 2.42. The molecule has 3 aromatic rings. The SMILES string of the molecule is COc1cc2c(cc1OC(C)C)-n1c(-c3cc(F)ccc3OC)nc(C(=O)N3CCOCC3(C)C)c1CC2. The minimum Gasteiger partial charge on any atom is -0.496 e. The molecule has 1 amide bonds. The van der Waals surface area contributed by atoms with Crippen molar-refractivity contribution in [2.45, 2.75) is 52.2 Å². The van der Waals surface area contributed by atoms with E-state index in [1.54, 1.807) is 13.2 Å². The molecule has 0 aliphatic carbocycles. The lowest BCUT2D eigenvalue weighted by molar-refractivity contribution is -0.0373. The second-order valence-corrected chi connectivity index (χ2v) is 10.5. The first kappa shape index (κ1) is 26.0. The number of ether oxygens (including phenoxy) is 4. The maximum Gasteiger partial charge on any atom is 0.274 e. The van der Waals surface area contributed by atoms with Crippen molar-refractivity contribution in [3.8, 4) is 34.3 Å². The van der Waals surface area contributed by atoms with Crippen LogP contribution in [0, 0.1) is 5.82 Å². The van der Waals surface area contributed by atoms with Gasteiger partial charge in [0.05, 0.1) is 56.0 Å².